The summed E-state index contributed by atoms with van der Waals surface area (Å²) in [6.07, 6.45) is 1.72. The van der Waals surface area contributed by atoms with Gasteiger partial charge in [-0.15, -0.1) is 0 Å². The maximum atomic E-state index is 6.09. The molecule has 3 nitrogen and oxygen atoms in total. The highest BCUT2D eigenvalue weighted by Crippen LogP contribution is 2.29. The summed E-state index contributed by atoms with van der Waals surface area (Å²) in [5, 5.41) is 1.20. The summed E-state index contributed by atoms with van der Waals surface area (Å²) in [6, 6.07) is 5.21. The second kappa shape index (κ2) is 4.45. The van der Waals surface area contributed by atoms with Gasteiger partial charge in [0.25, 0.3) is 0 Å². The highest BCUT2D eigenvalue weighted by atomic mass is 35.5. The molecule has 0 saturated heterocycles. The Morgan fingerprint density at radius 2 is 2.12 bits per heavy atom. The fraction of sp³-hybridized carbons (Fsp3) is 0.182. The van der Waals surface area contributed by atoms with Crippen LogP contribution < -0.4 is 5.73 Å². The van der Waals surface area contributed by atoms with Crippen molar-refractivity contribution in [2.45, 2.75) is 13.0 Å². The lowest BCUT2D eigenvalue weighted by Gasteiger charge is -2.02. The Hall–Kier alpha value is -1.03. The normalized spacial score (nSPS) is 12.8. The topological polar surface area (TPSA) is 54.7 Å². The van der Waals surface area contributed by atoms with E-state index >= 15 is 0 Å². The van der Waals surface area contributed by atoms with Gasteiger partial charge < -0.3 is 10.7 Å². The van der Waals surface area contributed by atoms with E-state index in [1.54, 1.807) is 18.3 Å². The molecule has 0 aliphatic carbocycles. The second-order valence-corrected chi connectivity index (χ2v) is 4.44. The molecule has 0 aliphatic heterocycles. The molecular formula is C11H11Cl2N3. The standard InChI is InChI=1S/C11H11Cl2N3/c1-6(14)11-15-5-10(16-11)8-3-2-7(12)4-9(8)13/h2-6H,14H2,1H3,(H,15,16). The van der Waals surface area contributed by atoms with Crippen LogP contribution in [0.4, 0.5) is 0 Å². The zero-order valence-corrected chi connectivity index (χ0v) is 10.2. The predicted molar refractivity (Wildman–Crippen MR) is 66.6 cm³/mol. The maximum Gasteiger partial charge on any atom is 0.123 e. The zero-order valence-electron chi connectivity index (χ0n) is 8.67. The van der Waals surface area contributed by atoms with Gasteiger partial charge in [0.15, 0.2) is 0 Å². The van der Waals surface area contributed by atoms with Crippen LogP contribution in [0.2, 0.25) is 10.0 Å². The Morgan fingerprint density at radius 1 is 1.38 bits per heavy atom. The smallest absolute Gasteiger partial charge is 0.123 e. The van der Waals surface area contributed by atoms with Crippen LogP contribution in [0.1, 0.15) is 18.8 Å². The SMILES string of the molecule is CC(N)c1ncc(-c2ccc(Cl)cc2Cl)[nH]1. The molecule has 1 aromatic carbocycles. The summed E-state index contributed by atoms with van der Waals surface area (Å²) in [5.41, 5.74) is 7.43. The molecule has 84 valence electrons. The van der Waals surface area contributed by atoms with Gasteiger partial charge in [-0.25, -0.2) is 4.98 Å². The highest BCUT2D eigenvalue weighted by molar-refractivity contribution is 6.36. The molecule has 1 heterocycles. The summed E-state index contributed by atoms with van der Waals surface area (Å²) in [7, 11) is 0. The number of nitrogens with two attached hydrogens (primary N) is 1. The summed E-state index contributed by atoms with van der Waals surface area (Å²) in [4.78, 5) is 7.31. The maximum absolute atomic E-state index is 6.09. The first-order chi connectivity index (χ1) is 7.58. The summed E-state index contributed by atoms with van der Waals surface area (Å²) in [5.74, 6) is 0.737. The van der Waals surface area contributed by atoms with Crippen molar-refractivity contribution in [3.63, 3.8) is 0 Å². The number of benzene rings is 1. The average molecular weight is 256 g/mol. The quantitative estimate of drug-likeness (QED) is 0.865. The van der Waals surface area contributed by atoms with Gasteiger partial charge in [0.1, 0.15) is 5.82 Å². The largest absolute Gasteiger partial charge is 0.341 e. The number of nitrogens with one attached hydrogen (secondary N) is 1. The molecular weight excluding hydrogens is 245 g/mol. The Kier molecular flexibility index (Phi) is 3.19. The molecule has 16 heavy (non-hydrogen) atoms. The highest BCUT2D eigenvalue weighted by Gasteiger charge is 2.09. The van der Waals surface area contributed by atoms with Gasteiger partial charge in [-0.1, -0.05) is 23.2 Å². The number of nitrogens with zero attached hydrogens (tertiary/aromatic N) is 1. The molecule has 1 aromatic heterocycles. The van der Waals surface area contributed by atoms with E-state index in [4.69, 9.17) is 28.9 Å². The third-order valence-electron chi connectivity index (χ3n) is 2.25. The Bertz CT molecular complexity index is 506. The van der Waals surface area contributed by atoms with Gasteiger partial charge in [0, 0.05) is 10.6 Å². The Labute approximate surface area is 104 Å². The minimum atomic E-state index is -0.125. The first kappa shape index (κ1) is 11.5. The van der Waals surface area contributed by atoms with Crippen LogP contribution in [-0.4, -0.2) is 9.97 Å². The number of imidazole rings is 1. The fourth-order valence-electron chi connectivity index (χ4n) is 1.41. The third-order valence-corrected chi connectivity index (χ3v) is 2.80. The monoisotopic (exact) mass is 255 g/mol. The first-order valence-electron chi connectivity index (χ1n) is 4.84. The van der Waals surface area contributed by atoms with Crippen molar-refractivity contribution in [1.29, 1.82) is 0 Å². The van der Waals surface area contributed by atoms with E-state index < -0.39 is 0 Å². The van der Waals surface area contributed by atoms with Crippen molar-refractivity contribution in [2.75, 3.05) is 0 Å². The average Bonchev–Trinajstić information content (AvgIpc) is 2.66. The fourth-order valence-corrected chi connectivity index (χ4v) is 1.92. The second-order valence-electron chi connectivity index (χ2n) is 3.59. The lowest BCUT2D eigenvalue weighted by Crippen LogP contribution is -2.06. The molecule has 0 amide bonds. The van der Waals surface area contributed by atoms with Gasteiger partial charge in [-0.05, 0) is 25.1 Å². The van der Waals surface area contributed by atoms with E-state index in [1.807, 2.05) is 13.0 Å². The summed E-state index contributed by atoms with van der Waals surface area (Å²) in [6.45, 7) is 1.87. The Balaban J connectivity index is 2.42. The molecule has 2 aromatic rings. The van der Waals surface area contributed by atoms with Crippen molar-refractivity contribution >= 4 is 23.2 Å². The molecule has 3 N–H and O–H groups in total. The van der Waals surface area contributed by atoms with Crippen molar-refractivity contribution < 1.29 is 0 Å². The van der Waals surface area contributed by atoms with Gasteiger partial charge in [-0.3, -0.25) is 0 Å². The van der Waals surface area contributed by atoms with Crippen LogP contribution in [0.5, 0.6) is 0 Å². The summed E-state index contributed by atoms with van der Waals surface area (Å²) < 4.78 is 0. The van der Waals surface area contributed by atoms with Crippen LogP contribution >= 0.6 is 23.2 Å². The van der Waals surface area contributed by atoms with Crippen molar-refractivity contribution in [2.24, 2.45) is 5.73 Å². The van der Waals surface area contributed by atoms with Gasteiger partial charge in [0.05, 0.1) is 23.0 Å². The van der Waals surface area contributed by atoms with Gasteiger partial charge in [-0.2, -0.15) is 0 Å². The molecule has 5 heteroatoms. The number of aromatic amines is 1. The number of hydrogen-bond acceptors (Lipinski definition) is 2. The van der Waals surface area contributed by atoms with Crippen LogP contribution in [0.3, 0.4) is 0 Å². The minimum absolute atomic E-state index is 0.125. The minimum Gasteiger partial charge on any atom is -0.341 e. The van der Waals surface area contributed by atoms with Crippen molar-refractivity contribution in [1.82, 2.24) is 9.97 Å². The van der Waals surface area contributed by atoms with Crippen molar-refractivity contribution in [3.05, 3.63) is 40.3 Å². The number of aromatic nitrogens is 2. The van der Waals surface area contributed by atoms with Gasteiger partial charge in [0.2, 0.25) is 0 Å². The Morgan fingerprint density at radius 3 is 2.69 bits per heavy atom. The van der Waals surface area contributed by atoms with Crippen LogP contribution in [-0.2, 0) is 0 Å². The van der Waals surface area contributed by atoms with E-state index in [1.165, 1.54) is 0 Å². The number of hydrogen-bond donors (Lipinski definition) is 2. The first-order valence-corrected chi connectivity index (χ1v) is 5.59. The molecule has 0 bridgehead atoms. The third kappa shape index (κ3) is 2.21. The summed E-state index contributed by atoms with van der Waals surface area (Å²) >= 11 is 11.9. The molecule has 2 rings (SSSR count). The molecule has 0 fully saturated rings. The molecule has 0 spiro atoms. The number of rotatable bonds is 2. The molecule has 1 atom stereocenters. The van der Waals surface area contributed by atoms with E-state index in [2.05, 4.69) is 9.97 Å². The van der Waals surface area contributed by atoms with E-state index in [-0.39, 0.29) is 6.04 Å². The van der Waals surface area contributed by atoms with E-state index in [0.717, 1.165) is 17.1 Å². The van der Waals surface area contributed by atoms with Crippen LogP contribution in [0, 0.1) is 0 Å². The van der Waals surface area contributed by atoms with E-state index in [0.29, 0.717) is 10.0 Å². The molecule has 0 saturated carbocycles. The lowest BCUT2D eigenvalue weighted by atomic mass is 10.2. The zero-order chi connectivity index (χ0) is 11.7. The van der Waals surface area contributed by atoms with Gasteiger partial charge >= 0.3 is 0 Å². The molecule has 1 unspecified atom stereocenters. The molecule has 0 radical (unpaired) electrons. The molecule has 0 aliphatic rings. The predicted octanol–water partition coefficient (Wildman–Crippen LogP) is 3.40. The number of halogens is 2. The van der Waals surface area contributed by atoms with Crippen molar-refractivity contribution in [3.8, 4) is 11.3 Å². The van der Waals surface area contributed by atoms with Crippen LogP contribution in [0.25, 0.3) is 11.3 Å². The van der Waals surface area contributed by atoms with Crippen LogP contribution in [0.15, 0.2) is 24.4 Å². The van der Waals surface area contributed by atoms with E-state index in [9.17, 15) is 0 Å². The number of H-pyrrole nitrogens is 1. The lowest BCUT2D eigenvalue weighted by molar-refractivity contribution is 0.756.